The minimum absolute atomic E-state index is 0.0190. The van der Waals surface area contributed by atoms with Gasteiger partial charge in [-0.25, -0.2) is 4.79 Å². The second kappa shape index (κ2) is 6.64. The Labute approximate surface area is 125 Å². The Hall–Kier alpha value is -1.30. The molecule has 1 saturated carbocycles. The van der Waals surface area contributed by atoms with Crippen molar-refractivity contribution >= 4 is 12.0 Å². The maximum atomic E-state index is 12.2. The van der Waals surface area contributed by atoms with Crippen LogP contribution < -0.4 is 5.32 Å². The van der Waals surface area contributed by atoms with Crippen molar-refractivity contribution in [1.82, 2.24) is 10.2 Å². The van der Waals surface area contributed by atoms with Crippen LogP contribution in [0, 0.1) is 11.8 Å². The zero-order valence-electron chi connectivity index (χ0n) is 12.7. The van der Waals surface area contributed by atoms with Crippen LogP contribution in [0.4, 0.5) is 4.79 Å². The molecule has 21 heavy (non-hydrogen) atoms. The number of carbonyl (C=O) groups excluding carboxylic acids is 1. The average molecular weight is 298 g/mol. The number of likely N-dealkylation sites (tertiary alicyclic amines) is 1. The molecule has 0 spiro atoms. The first-order valence-corrected chi connectivity index (χ1v) is 7.87. The highest BCUT2D eigenvalue weighted by Gasteiger charge is 2.33. The minimum Gasteiger partial charge on any atom is -0.481 e. The predicted octanol–water partition coefficient (Wildman–Crippen LogP) is 1.43. The SMILES string of the molecule is CC1(O)CCCN(C(=O)NCC2CCCCC2C(=O)O)C1. The molecule has 1 aliphatic carbocycles. The van der Waals surface area contributed by atoms with Gasteiger partial charge >= 0.3 is 12.0 Å². The first-order chi connectivity index (χ1) is 9.89. The van der Waals surface area contributed by atoms with Crippen molar-refractivity contribution < 1.29 is 19.8 Å². The lowest BCUT2D eigenvalue weighted by molar-refractivity contribution is -0.144. The smallest absolute Gasteiger partial charge is 0.317 e. The summed E-state index contributed by atoms with van der Waals surface area (Å²) in [6.45, 7) is 3.14. The van der Waals surface area contributed by atoms with E-state index in [9.17, 15) is 19.8 Å². The molecule has 2 aliphatic rings. The molecule has 0 bridgehead atoms. The van der Waals surface area contributed by atoms with Gasteiger partial charge in [-0.1, -0.05) is 12.8 Å². The van der Waals surface area contributed by atoms with Crippen LogP contribution in [0.2, 0.25) is 0 Å². The lowest BCUT2D eigenvalue weighted by atomic mass is 9.79. The number of piperidine rings is 1. The van der Waals surface area contributed by atoms with Crippen molar-refractivity contribution in [3.8, 4) is 0 Å². The van der Waals surface area contributed by atoms with Crippen molar-refractivity contribution in [3.63, 3.8) is 0 Å². The normalized spacial score (nSPS) is 33.5. The first-order valence-electron chi connectivity index (χ1n) is 7.87. The number of nitrogens with one attached hydrogen (secondary N) is 1. The van der Waals surface area contributed by atoms with Crippen molar-refractivity contribution in [1.29, 1.82) is 0 Å². The summed E-state index contributed by atoms with van der Waals surface area (Å²) in [6, 6.07) is -0.190. The van der Waals surface area contributed by atoms with Gasteiger partial charge in [0.15, 0.2) is 0 Å². The number of hydrogen-bond donors (Lipinski definition) is 3. The van der Waals surface area contributed by atoms with Crippen molar-refractivity contribution in [3.05, 3.63) is 0 Å². The van der Waals surface area contributed by atoms with E-state index in [1.165, 1.54) is 0 Å². The van der Waals surface area contributed by atoms with E-state index >= 15 is 0 Å². The Morgan fingerprint density at radius 1 is 1.29 bits per heavy atom. The number of carbonyl (C=O) groups is 2. The molecular formula is C15H26N2O4. The van der Waals surface area contributed by atoms with E-state index < -0.39 is 11.6 Å². The van der Waals surface area contributed by atoms with E-state index in [0.717, 1.165) is 25.7 Å². The van der Waals surface area contributed by atoms with Crippen molar-refractivity contribution in [2.45, 2.75) is 51.0 Å². The number of β-amino-alcohol motifs (C(OH)–C–C–N with tert-alkyl or cyclic N) is 1. The Balaban J connectivity index is 1.84. The molecule has 2 rings (SSSR count). The summed E-state index contributed by atoms with van der Waals surface area (Å²) in [6.07, 6.45) is 5.05. The standard InChI is InChI=1S/C15H26N2O4/c1-15(21)7-4-8-17(10-15)14(20)16-9-11-5-2-3-6-12(11)13(18)19/h11-12,21H,2-10H2,1H3,(H,16,20)(H,18,19). The third kappa shape index (κ3) is 4.33. The molecule has 3 N–H and O–H groups in total. The number of nitrogens with zero attached hydrogens (tertiary/aromatic N) is 1. The van der Waals surface area contributed by atoms with Crippen molar-refractivity contribution in [2.24, 2.45) is 11.8 Å². The van der Waals surface area contributed by atoms with Crippen LogP contribution in [0.5, 0.6) is 0 Å². The van der Waals surface area contributed by atoms with E-state index in [0.29, 0.717) is 32.5 Å². The lowest BCUT2D eigenvalue weighted by Gasteiger charge is -2.37. The van der Waals surface area contributed by atoms with Gasteiger partial charge in [0.1, 0.15) is 0 Å². The molecule has 1 saturated heterocycles. The van der Waals surface area contributed by atoms with E-state index in [4.69, 9.17) is 0 Å². The molecule has 1 heterocycles. The Kier molecular flexibility index (Phi) is 5.08. The summed E-state index contributed by atoms with van der Waals surface area (Å²) in [7, 11) is 0. The molecule has 0 radical (unpaired) electrons. The fourth-order valence-electron chi connectivity index (χ4n) is 3.50. The van der Waals surface area contributed by atoms with Gasteiger partial charge in [-0.2, -0.15) is 0 Å². The highest BCUT2D eigenvalue weighted by Crippen LogP contribution is 2.30. The number of urea groups is 1. The number of aliphatic carboxylic acids is 1. The lowest BCUT2D eigenvalue weighted by Crippen LogP contribution is -2.52. The van der Waals surface area contributed by atoms with E-state index in [-0.39, 0.29) is 17.9 Å². The van der Waals surface area contributed by atoms with Crippen LogP contribution >= 0.6 is 0 Å². The molecular weight excluding hydrogens is 272 g/mol. The molecule has 1 aliphatic heterocycles. The van der Waals surface area contributed by atoms with Crippen LogP contribution in [0.25, 0.3) is 0 Å². The second-order valence-corrected chi connectivity index (χ2v) is 6.70. The highest BCUT2D eigenvalue weighted by atomic mass is 16.4. The highest BCUT2D eigenvalue weighted by molar-refractivity contribution is 5.75. The molecule has 0 aromatic rings. The Morgan fingerprint density at radius 3 is 2.67 bits per heavy atom. The van der Waals surface area contributed by atoms with Crippen LogP contribution in [0.3, 0.4) is 0 Å². The van der Waals surface area contributed by atoms with E-state index in [1.54, 1.807) is 11.8 Å². The third-order valence-corrected chi connectivity index (χ3v) is 4.70. The third-order valence-electron chi connectivity index (χ3n) is 4.70. The van der Waals surface area contributed by atoms with Gasteiger partial charge in [0.05, 0.1) is 18.1 Å². The first kappa shape index (κ1) is 16.1. The zero-order chi connectivity index (χ0) is 15.5. The number of carboxylic acids is 1. The molecule has 3 unspecified atom stereocenters. The van der Waals surface area contributed by atoms with Gasteiger partial charge in [0.2, 0.25) is 0 Å². The Bertz CT molecular complexity index is 397. The topological polar surface area (TPSA) is 89.9 Å². The van der Waals surface area contributed by atoms with Gasteiger partial charge in [0, 0.05) is 13.1 Å². The maximum absolute atomic E-state index is 12.2. The fraction of sp³-hybridized carbons (Fsp3) is 0.867. The molecule has 2 amide bonds. The van der Waals surface area contributed by atoms with Crippen LogP contribution in [0.15, 0.2) is 0 Å². The molecule has 6 nitrogen and oxygen atoms in total. The van der Waals surface area contributed by atoms with Gasteiger partial charge < -0.3 is 20.4 Å². The number of rotatable bonds is 3. The summed E-state index contributed by atoms with van der Waals surface area (Å²) < 4.78 is 0. The fourth-order valence-corrected chi connectivity index (χ4v) is 3.50. The largest absolute Gasteiger partial charge is 0.481 e. The average Bonchev–Trinajstić information content (AvgIpc) is 2.43. The van der Waals surface area contributed by atoms with Crippen LogP contribution in [0.1, 0.15) is 45.4 Å². The second-order valence-electron chi connectivity index (χ2n) is 6.70. The van der Waals surface area contributed by atoms with Gasteiger partial charge in [-0.3, -0.25) is 4.79 Å². The molecule has 120 valence electrons. The van der Waals surface area contributed by atoms with Crippen LogP contribution in [-0.2, 0) is 4.79 Å². The predicted molar refractivity (Wildman–Crippen MR) is 77.9 cm³/mol. The summed E-state index contributed by atoms with van der Waals surface area (Å²) in [5.74, 6) is -1.08. The van der Waals surface area contributed by atoms with E-state index in [2.05, 4.69) is 5.32 Å². The molecule has 0 aromatic carbocycles. The Morgan fingerprint density at radius 2 is 2.00 bits per heavy atom. The number of aliphatic hydroxyl groups is 1. The summed E-state index contributed by atoms with van der Waals surface area (Å²) >= 11 is 0. The summed E-state index contributed by atoms with van der Waals surface area (Å²) in [5.41, 5.74) is -0.815. The van der Waals surface area contributed by atoms with Gasteiger partial charge in [-0.15, -0.1) is 0 Å². The number of hydrogen-bond acceptors (Lipinski definition) is 3. The number of carboxylic acid groups (broad SMARTS) is 1. The summed E-state index contributed by atoms with van der Waals surface area (Å²) in [4.78, 5) is 25.0. The van der Waals surface area contributed by atoms with Gasteiger partial charge in [0.25, 0.3) is 0 Å². The van der Waals surface area contributed by atoms with Crippen LogP contribution in [-0.4, -0.2) is 52.3 Å². The number of amides is 2. The van der Waals surface area contributed by atoms with Gasteiger partial charge in [-0.05, 0) is 38.5 Å². The molecule has 6 heteroatoms. The molecule has 0 aromatic heterocycles. The molecule has 2 fully saturated rings. The monoisotopic (exact) mass is 298 g/mol. The maximum Gasteiger partial charge on any atom is 0.317 e. The molecule has 3 atom stereocenters. The zero-order valence-corrected chi connectivity index (χ0v) is 12.7. The quantitative estimate of drug-likeness (QED) is 0.735. The van der Waals surface area contributed by atoms with Crippen molar-refractivity contribution in [2.75, 3.05) is 19.6 Å². The minimum atomic E-state index is -0.815. The summed E-state index contributed by atoms with van der Waals surface area (Å²) in [5, 5.41) is 22.1. The van der Waals surface area contributed by atoms with E-state index in [1.807, 2.05) is 0 Å².